The third-order valence-corrected chi connectivity index (χ3v) is 4.26. The molecule has 2 aromatic heterocycles. The molecule has 0 unspecified atom stereocenters. The van der Waals surface area contributed by atoms with E-state index in [1.54, 1.807) is 18.0 Å². The lowest BCUT2D eigenvalue weighted by atomic mass is 10.2. The molecule has 4 nitrogen and oxygen atoms in total. The van der Waals surface area contributed by atoms with E-state index in [2.05, 4.69) is 4.98 Å². The molecule has 2 heterocycles. The Labute approximate surface area is 120 Å². The Bertz CT molecular complexity index is 777. The van der Waals surface area contributed by atoms with E-state index in [4.69, 9.17) is 4.74 Å². The predicted molar refractivity (Wildman–Crippen MR) is 81.2 cm³/mol. The van der Waals surface area contributed by atoms with Crippen molar-refractivity contribution in [2.24, 2.45) is 0 Å². The molecule has 0 atom stereocenters. The second-order valence-corrected chi connectivity index (χ2v) is 5.48. The second kappa shape index (κ2) is 5.56. The highest BCUT2D eigenvalue weighted by atomic mass is 32.1. The normalized spacial score (nSPS) is 11.1. The first-order valence-electron chi connectivity index (χ1n) is 6.33. The molecule has 3 aromatic rings. The van der Waals surface area contributed by atoms with Gasteiger partial charge in [-0.15, -0.1) is 11.3 Å². The number of aromatic nitrogens is 2. The van der Waals surface area contributed by atoms with Crippen LogP contribution in [0.25, 0.3) is 20.7 Å². The van der Waals surface area contributed by atoms with Crippen LogP contribution in [0.15, 0.2) is 47.5 Å². The summed E-state index contributed by atoms with van der Waals surface area (Å²) in [6.07, 6.45) is 1.59. The number of methoxy groups -OCH3 is 1. The fraction of sp³-hybridized carbons (Fsp3) is 0.200. The molecule has 5 heteroatoms. The molecule has 1 aromatic carbocycles. The number of benzene rings is 1. The largest absolute Gasteiger partial charge is 0.383 e. The van der Waals surface area contributed by atoms with Crippen molar-refractivity contribution >= 4 is 21.6 Å². The molecule has 0 saturated carbocycles. The van der Waals surface area contributed by atoms with E-state index >= 15 is 0 Å². The van der Waals surface area contributed by atoms with Gasteiger partial charge in [0.25, 0.3) is 5.56 Å². The third-order valence-electron chi connectivity index (χ3n) is 3.10. The Morgan fingerprint density at radius 3 is 2.85 bits per heavy atom. The summed E-state index contributed by atoms with van der Waals surface area (Å²) in [6.45, 7) is 1.03. The summed E-state index contributed by atoms with van der Waals surface area (Å²) in [6, 6.07) is 12.0. The number of hydrogen-bond acceptors (Lipinski definition) is 4. The molecule has 0 saturated heterocycles. The van der Waals surface area contributed by atoms with Crippen molar-refractivity contribution in [1.82, 2.24) is 9.55 Å². The zero-order valence-electron chi connectivity index (χ0n) is 11.1. The summed E-state index contributed by atoms with van der Waals surface area (Å²) in [7, 11) is 1.62. The van der Waals surface area contributed by atoms with Crippen LogP contribution >= 0.6 is 11.3 Å². The number of fused-ring (bicyclic) bond motifs is 1. The Kier molecular flexibility index (Phi) is 3.62. The van der Waals surface area contributed by atoms with Gasteiger partial charge in [-0.05, 0) is 11.6 Å². The number of hydrogen-bond donors (Lipinski definition) is 0. The summed E-state index contributed by atoms with van der Waals surface area (Å²) in [5, 5.41) is 0. The van der Waals surface area contributed by atoms with Gasteiger partial charge in [-0.1, -0.05) is 30.3 Å². The molecular weight excluding hydrogens is 272 g/mol. The van der Waals surface area contributed by atoms with Gasteiger partial charge in [-0.25, -0.2) is 4.98 Å². The van der Waals surface area contributed by atoms with Crippen LogP contribution in [0, 0.1) is 0 Å². The summed E-state index contributed by atoms with van der Waals surface area (Å²) in [5.74, 6) is 0. The van der Waals surface area contributed by atoms with Crippen LogP contribution in [0.4, 0.5) is 0 Å². The third kappa shape index (κ3) is 2.37. The van der Waals surface area contributed by atoms with E-state index < -0.39 is 0 Å². The Morgan fingerprint density at radius 2 is 2.10 bits per heavy atom. The van der Waals surface area contributed by atoms with Crippen molar-refractivity contribution in [3.8, 4) is 10.4 Å². The average Bonchev–Trinajstić information content (AvgIpc) is 2.93. The Hall–Kier alpha value is -1.98. The average molecular weight is 286 g/mol. The lowest BCUT2D eigenvalue weighted by Gasteiger charge is -2.02. The molecule has 0 aliphatic heterocycles. The van der Waals surface area contributed by atoms with Gasteiger partial charge in [-0.3, -0.25) is 9.36 Å². The van der Waals surface area contributed by atoms with E-state index in [0.29, 0.717) is 17.9 Å². The lowest BCUT2D eigenvalue weighted by molar-refractivity contribution is 0.186. The molecule has 0 amide bonds. The minimum atomic E-state index is -0.000712. The highest BCUT2D eigenvalue weighted by molar-refractivity contribution is 7.22. The van der Waals surface area contributed by atoms with Gasteiger partial charge < -0.3 is 4.74 Å². The molecule has 102 valence electrons. The van der Waals surface area contributed by atoms with Crippen LogP contribution in [0.1, 0.15) is 0 Å². The van der Waals surface area contributed by atoms with Crippen molar-refractivity contribution in [1.29, 1.82) is 0 Å². The number of rotatable bonds is 4. The second-order valence-electron chi connectivity index (χ2n) is 4.43. The van der Waals surface area contributed by atoms with E-state index in [1.165, 1.54) is 11.3 Å². The van der Waals surface area contributed by atoms with Crippen LogP contribution in [0.5, 0.6) is 0 Å². The van der Waals surface area contributed by atoms with Crippen LogP contribution in [-0.2, 0) is 11.3 Å². The van der Waals surface area contributed by atoms with Crippen LogP contribution in [-0.4, -0.2) is 23.3 Å². The van der Waals surface area contributed by atoms with Gasteiger partial charge in [0.05, 0.1) is 25.0 Å². The van der Waals surface area contributed by atoms with E-state index in [1.807, 2.05) is 36.4 Å². The first-order valence-corrected chi connectivity index (χ1v) is 7.14. The van der Waals surface area contributed by atoms with E-state index in [0.717, 1.165) is 16.0 Å². The van der Waals surface area contributed by atoms with Crippen LogP contribution in [0.3, 0.4) is 0 Å². The zero-order valence-corrected chi connectivity index (χ0v) is 11.9. The highest BCUT2D eigenvalue weighted by Crippen LogP contribution is 2.30. The standard InChI is InChI=1S/C15H14N2O2S/c1-19-8-7-17-10-16-12-9-13(20-14(12)15(17)18)11-5-3-2-4-6-11/h2-6,9-10H,7-8H2,1H3. The first-order chi connectivity index (χ1) is 9.79. The van der Waals surface area contributed by atoms with Crippen molar-refractivity contribution < 1.29 is 4.74 Å². The fourth-order valence-electron chi connectivity index (χ4n) is 2.04. The number of nitrogens with zero attached hydrogens (tertiary/aromatic N) is 2. The minimum Gasteiger partial charge on any atom is -0.383 e. The van der Waals surface area contributed by atoms with Crippen molar-refractivity contribution in [2.75, 3.05) is 13.7 Å². The van der Waals surface area contributed by atoms with Crippen LogP contribution in [0.2, 0.25) is 0 Å². The van der Waals surface area contributed by atoms with E-state index in [9.17, 15) is 4.79 Å². The summed E-state index contributed by atoms with van der Waals surface area (Å²) in [4.78, 5) is 17.8. The van der Waals surface area contributed by atoms with Gasteiger partial charge in [0.2, 0.25) is 0 Å². The quantitative estimate of drug-likeness (QED) is 0.740. The summed E-state index contributed by atoms with van der Waals surface area (Å²) in [5.41, 5.74) is 1.87. The monoisotopic (exact) mass is 286 g/mol. The fourth-order valence-corrected chi connectivity index (χ4v) is 3.10. The maximum atomic E-state index is 12.4. The SMILES string of the molecule is COCCn1cnc2cc(-c3ccccc3)sc2c1=O. The molecule has 0 N–H and O–H groups in total. The molecule has 0 spiro atoms. The minimum absolute atomic E-state index is 0.000712. The van der Waals surface area contributed by atoms with Crippen molar-refractivity contribution in [3.63, 3.8) is 0 Å². The summed E-state index contributed by atoms with van der Waals surface area (Å²) >= 11 is 1.49. The number of thiophene rings is 1. The van der Waals surface area contributed by atoms with Crippen LogP contribution < -0.4 is 5.56 Å². The molecule has 0 radical (unpaired) electrons. The maximum absolute atomic E-state index is 12.4. The molecule has 0 aliphatic rings. The maximum Gasteiger partial charge on any atom is 0.271 e. The molecular formula is C15H14N2O2S. The van der Waals surface area contributed by atoms with E-state index in [-0.39, 0.29) is 5.56 Å². The Balaban J connectivity index is 2.08. The molecule has 3 rings (SSSR count). The summed E-state index contributed by atoms with van der Waals surface area (Å²) < 4.78 is 7.29. The van der Waals surface area contributed by atoms with Crippen molar-refractivity contribution in [3.05, 3.63) is 53.1 Å². The lowest BCUT2D eigenvalue weighted by Crippen LogP contribution is -2.21. The topological polar surface area (TPSA) is 44.1 Å². The van der Waals surface area contributed by atoms with Crippen molar-refractivity contribution in [2.45, 2.75) is 6.54 Å². The first kappa shape index (κ1) is 13.0. The molecule has 0 fully saturated rings. The van der Waals surface area contributed by atoms with Gasteiger partial charge in [0, 0.05) is 12.0 Å². The number of ether oxygens (including phenoxy) is 1. The predicted octanol–water partition coefficient (Wildman–Crippen LogP) is 2.77. The molecule has 0 aliphatic carbocycles. The molecule has 0 bridgehead atoms. The van der Waals surface area contributed by atoms with Gasteiger partial charge >= 0.3 is 0 Å². The highest BCUT2D eigenvalue weighted by Gasteiger charge is 2.10. The molecule has 20 heavy (non-hydrogen) atoms. The zero-order chi connectivity index (χ0) is 13.9. The van der Waals surface area contributed by atoms with Gasteiger partial charge in [-0.2, -0.15) is 0 Å². The van der Waals surface area contributed by atoms with Gasteiger partial charge in [0.1, 0.15) is 4.70 Å². The van der Waals surface area contributed by atoms with Gasteiger partial charge in [0.15, 0.2) is 0 Å². The smallest absolute Gasteiger partial charge is 0.271 e. The Morgan fingerprint density at radius 1 is 1.30 bits per heavy atom.